The molecule has 0 aliphatic carbocycles. The van der Waals surface area contributed by atoms with Gasteiger partial charge in [-0.3, -0.25) is 9.69 Å². The van der Waals surface area contributed by atoms with Gasteiger partial charge in [0.1, 0.15) is 0 Å². The second-order valence-corrected chi connectivity index (χ2v) is 8.16. The fourth-order valence-electron chi connectivity index (χ4n) is 3.12. The number of benzene rings is 1. The van der Waals surface area contributed by atoms with Gasteiger partial charge in [-0.2, -0.15) is 0 Å². The van der Waals surface area contributed by atoms with Crippen LogP contribution in [0.15, 0.2) is 24.3 Å². The van der Waals surface area contributed by atoms with Crippen molar-refractivity contribution in [3.05, 3.63) is 35.4 Å². The van der Waals surface area contributed by atoms with Crippen molar-refractivity contribution < 1.29 is 18.3 Å². The molecule has 1 N–H and O–H groups in total. The van der Waals surface area contributed by atoms with E-state index in [1.54, 1.807) is 6.07 Å². The van der Waals surface area contributed by atoms with E-state index in [-0.39, 0.29) is 16.9 Å². The summed E-state index contributed by atoms with van der Waals surface area (Å²) in [6.45, 7) is 1.89. The third-order valence-corrected chi connectivity index (χ3v) is 6.67. The second kappa shape index (κ2) is 4.86. The van der Waals surface area contributed by atoms with Crippen molar-refractivity contribution in [2.45, 2.75) is 29.9 Å². The van der Waals surface area contributed by atoms with E-state index in [0.29, 0.717) is 19.6 Å². The third-order valence-electron chi connectivity index (χ3n) is 4.13. The highest BCUT2D eigenvalue weighted by Crippen LogP contribution is 2.35. The van der Waals surface area contributed by atoms with Gasteiger partial charge in [-0.15, -0.1) is 0 Å². The summed E-state index contributed by atoms with van der Waals surface area (Å²) >= 11 is 0. The number of aliphatic carboxylic acids is 1. The number of nitrogens with zero attached hydrogens (tertiary/aromatic N) is 1. The summed E-state index contributed by atoms with van der Waals surface area (Å²) in [5.41, 5.74) is 1.83. The maximum atomic E-state index is 11.7. The zero-order valence-corrected chi connectivity index (χ0v) is 11.8. The Bertz CT molecular complexity index is 622. The summed E-state index contributed by atoms with van der Waals surface area (Å²) in [5.74, 6) is -0.840. The van der Waals surface area contributed by atoms with Gasteiger partial charge in [0.15, 0.2) is 9.84 Å². The highest BCUT2D eigenvalue weighted by atomic mass is 32.2. The van der Waals surface area contributed by atoms with Gasteiger partial charge in [0.25, 0.3) is 0 Å². The second-order valence-electron chi connectivity index (χ2n) is 5.65. The summed E-state index contributed by atoms with van der Waals surface area (Å²) in [7, 11) is -2.83. The summed E-state index contributed by atoms with van der Waals surface area (Å²) in [6, 6.07) is 7.51. The lowest BCUT2D eigenvalue weighted by atomic mass is 10.1. The van der Waals surface area contributed by atoms with E-state index in [1.165, 1.54) is 0 Å². The van der Waals surface area contributed by atoms with Crippen LogP contribution < -0.4 is 0 Å². The molecule has 0 radical (unpaired) electrons. The highest BCUT2D eigenvalue weighted by molar-refractivity contribution is 7.94. The molecule has 0 spiro atoms. The molecule has 2 unspecified atom stereocenters. The molecule has 108 valence electrons. The van der Waals surface area contributed by atoms with Crippen LogP contribution in [0.1, 0.15) is 17.5 Å². The van der Waals surface area contributed by atoms with E-state index in [2.05, 4.69) is 4.90 Å². The average Bonchev–Trinajstić information content (AvgIpc) is 2.38. The Kier molecular flexibility index (Phi) is 3.30. The van der Waals surface area contributed by atoms with Crippen molar-refractivity contribution >= 4 is 15.8 Å². The number of piperidine rings is 1. The van der Waals surface area contributed by atoms with Crippen molar-refractivity contribution in [3.8, 4) is 0 Å². The first-order valence-electron chi connectivity index (χ1n) is 6.70. The smallest absolute Gasteiger partial charge is 0.307 e. The molecule has 3 fully saturated rings. The topological polar surface area (TPSA) is 74.7 Å². The number of carboxylic acid groups (broad SMARTS) is 1. The number of carbonyl (C=O) groups is 1. The maximum absolute atomic E-state index is 11.7. The zero-order chi connectivity index (χ0) is 14.3. The minimum absolute atomic E-state index is 0.0213. The highest BCUT2D eigenvalue weighted by Gasteiger charge is 2.51. The molecule has 0 saturated carbocycles. The lowest BCUT2D eigenvalue weighted by molar-refractivity contribution is -0.136. The molecule has 0 aromatic heterocycles. The van der Waals surface area contributed by atoms with E-state index in [4.69, 9.17) is 5.11 Å². The zero-order valence-electron chi connectivity index (χ0n) is 11.0. The first-order chi connectivity index (χ1) is 9.45. The predicted octanol–water partition coefficient (Wildman–Crippen LogP) is 0.685. The van der Waals surface area contributed by atoms with Gasteiger partial charge < -0.3 is 5.11 Å². The van der Waals surface area contributed by atoms with E-state index in [0.717, 1.165) is 17.5 Å². The average molecular weight is 295 g/mol. The summed E-state index contributed by atoms with van der Waals surface area (Å²) in [4.78, 5) is 12.9. The molecule has 3 aliphatic heterocycles. The van der Waals surface area contributed by atoms with E-state index < -0.39 is 15.8 Å². The lowest BCUT2D eigenvalue weighted by Gasteiger charge is -2.46. The Morgan fingerprint density at radius 1 is 1.25 bits per heavy atom. The van der Waals surface area contributed by atoms with Crippen LogP contribution in [0.25, 0.3) is 0 Å². The molecule has 3 aliphatic rings. The van der Waals surface area contributed by atoms with Gasteiger partial charge in [-0.25, -0.2) is 8.42 Å². The molecule has 5 nitrogen and oxygen atoms in total. The van der Waals surface area contributed by atoms with Crippen molar-refractivity contribution in [2.75, 3.05) is 13.1 Å². The Labute approximate surface area is 118 Å². The Morgan fingerprint density at radius 2 is 1.90 bits per heavy atom. The van der Waals surface area contributed by atoms with Gasteiger partial charge >= 0.3 is 5.97 Å². The van der Waals surface area contributed by atoms with Gasteiger partial charge in [-0.1, -0.05) is 24.3 Å². The largest absolute Gasteiger partial charge is 0.481 e. The first-order valence-corrected chi connectivity index (χ1v) is 8.31. The lowest BCUT2D eigenvalue weighted by Crippen LogP contribution is -2.61. The fraction of sp³-hybridized carbons (Fsp3) is 0.500. The quantitative estimate of drug-likeness (QED) is 0.884. The summed E-state index contributed by atoms with van der Waals surface area (Å²) in [5, 5.41) is 8.42. The molecule has 2 bridgehead atoms. The molecule has 6 heteroatoms. The fourth-order valence-corrected chi connectivity index (χ4v) is 5.14. The number of hydrogen-bond donors (Lipinski definition) is 1. The minimum atomic E-state index is -2.83. The predicted molar refractivity (Wildman–Crippen MR) is 74.2 cm³/mol. The standard InChI is InChI=1S/C14H17NO4S/c16-14(17)5-10-2-1-3-11(4-10)7-15-8-12-6-13(9-15)20(12,18)19/h1-4,12-13H,5-9H2,(H,16,17). The Balaban J connectivity index is 1.66. The number of sulfone groups is 1. The molecular weight excluding hydrogens is 278 g/mol. The SMILES string of the molecule is O=C(O)Cc1cccc(CN2CC3CC(C2)S3(=O)=O)c1. The third kappa shape index (κ3) is 2.45. The van der Waals surface area contributed by atoms with Crippen LogP contribution in [0.5, 0.6) is 0 Å². The summed E-state index contributed by atoms with van der Waals surface area (Å²) < 4.78 is 23.4. The molecule has 4 rings (SSSR count). The molecule has 1 aromatic rings. The van der Waals surface area contributed by atoms with E-state index >= 15 is 0 Å². The molecule has 3 heterocycles. The van der Waals surface area contributed by atoms with E-state index in [1.807, 2.05) is 18.2 Å². The normalized spacial score (nSPS) is 27.8. The summed E-state index contributed by atoms with van der Waals surface area (Å²) in [6.07, 6.45) is 0.825. The van der Waals surface area contributed by atoms with Gasteiger partial charge in [-0.05, 0) is 17.5 Å². The van der Waals surface area contributed by atoms with Crippen molar-refractivity contribution in [3.63, 3.8) is 0 Å². The van der Waals surface area contributed by atoms with Crippen LogP contribution >= 0.6 is 0 Å². The monoisotopic (exact) mass is 295 g/mol. The number of rotatable bonds is 4. The molecular formula is C14H17NO4S. The van der Waals surface area contributed by atoms with Crippen LogP contribution in [-0.2, 0) is 27.6 Å². The molecule has 3 saturated heterocycles. The number of hydrogen-bond acceptors (Lipinski definition) is 4. The van der Waals surface area contributed by atoms with Crippen LogP contribution in [0.4, 0.5) is 0 Å². The van der Waals surface area contributed by atoms with Crippen LogP contribution in [0, 0.1) is 0 Å². The first kappa shape index (κ1) is 13.6. The minimum Gasteiger partial charge on any atom is -0.481 e. The number of fused-ring (bicyclic) bond motifs is 2. The van der Waals surface area contributed by atoms with Crippen LogP contribution in [0.2, 0.25) is 0 Å². The van der Waals surface area contributed by atoms with E-state index in [9.17, 15) is 13.2 Å². The molecule has 1 aromatic carbocycles. The Hall–Kier alpha value is -1.40. The van der Waals surface area contributed by atoms with Crippen molar-refractivity contribution in [1.29, 1.82) is 0 Å². The van der Waals surface area contributed by atoms with Crippen LogP contribution in [-0.4, -0.2) is 48.0 Å². The molecule has 2 atom stereocenters. The van der Waals surface area contributed by atoms with Crippen molar-refractivity contribution in [1.82, 2.24) is 4.90 Å². The Morgan fingerprint density at radius 3 is 2.50 bits per heavy atom. The van der Waals surface area contributed by atoms with Gasteiger partial charge in [0, 0.05) is 19.6 Å². The van der Waals surface area contributed by atoms with Crippen molar-refractivity contribution in [2.24, 2.45) is 0 Å². The molecule has 20 heavy (non-hydrogen) atoms. The van der Waals surface area contributed by atoms with Crippen LogP contribution in [0.3, 0.4) is 0 Å². The van der Waals surface area contributed by atoms with Gasteiger partial charge in [0.2, 0.25) is 0 Å². The molecule has 0 amide bonds. The number of carboxylic acids is 1. The van der Waals surface area contributed by atoms with Gasteiger partial charge in [0.05, 0.1) is 16.9 Å². The maximum Gasteiger partial charge on any atom is 0.307 e.